The third-order valence-electron chi connectivity index (χ3n) is 5.55. The van der Waals surface area contributed by atoms with E-state index in [-0.39, 0.29) is 43.2 Å². The molecule has 4 rings (SSSR count). The number of likely N-dealkylation sites (tertiary alicyclic amines) is 2. The Morgan fingerprint density at radius 3 is 2.81 bits per heavy atom. The van der Waals surface area contributed by atoms with Gasteiger partial charge in [-0.05, 0) is 0 Å². The number of carbonyl (C=O) groups is 3. The Balaban J connectivity index is 1.47. The highest BCUT2D eigenvalue weighted by Gasteiger charge is 2.53. The number of halogens is 1. The molecular weight excluding hydrogens is 420 g/mol. The second kappa shape index (κ2) is 7.03. The highest BCUT2D eigenvalue weighted by Crippen LogP contribution is 2.36. The van der Waals surface area contributed by atoms with Gasteiger partial charge in [0.25, 0.3) is 0 Å². The first-order chi connectivity index (χ1) is 12.9. The summed E-state index contributed by atoms with van der Waals surface area (Å²) in [5.41, 5.74) is 0. The van der Waals surface area contributed by atoms with Crippen molar-refractivity contribution >= 4 is 33.7 Å². The number of carbonyl (C=O) groups excluding carboxylic acids is 3. The van der Waals surface area contributed by atoms with Gasteiger partial charge >= 0.3 is 5.97 Å². The van der Waals surface area contributed by atoms with Crippen LogP contribution in [-0.4, -0.2) is 79.4 Å². The molecule has 0 aromatic carbocycles. The summed E-state index contributed by atoms with van der Waals surface area (Å²) in [5, 5.41) is 0. The molecule has 3 atom stereocenters. The summed E-state index contributed by atoms with van der Waals surface area (Å²) in [7, 11) is 1.29. The van der Waals surface area contributed by atoms with Gasteiger partial charge in [-0.15, -0.1) is 0 Å². The molecule has 146 valence electrons. The van der Waals surface area contributed by atoms with Crippen LogP contribution < -0.4 is 0 Å². The highest BCUT2D eigenvalue weighted by molar-refractivity contribution is 9.11. The minimum atomic E-state index is -0.951. The van der Waals surface area contributed by atoms with E-state index in [1.807, 2.05) is 18.2 Å². The van der Waals surface area contributed by atoms with Gasteiger partial charge in [-0.1, -0.05) is 34.2 Å². The van der Waals surface area contributed by atoms with Crippen LogP contribution >= 0.6 is 15.9 Å². The monoisotopic (exact) mass is 440 g/mol. The Labute approximate surface area is 165 Å². The van der Waals surface area contributed by atoms with Gasteiger partial charge in [0.05, 0.1) is 39.3 Å². The van der Waals surface area contributed by atoms with Crippen LogP contribution in [0.2, 0.25) is 0 Å². The third-order valence-corrected chi connectivity index (χ3v) is 6.08. The maximum absolute atomic E-state index is 13.0. The van der Waals surface area contributed by atoms with Crippen molar-refractivity contribution in [2.24, 2.45) is 11.8 Å². The fourth-order valence-corrected chi connectivity index (χ4v) is 4.73. The van der Waals surface area contributed by atoms with Crippen LogP contribution in [-0.2, 0) is 28.6 Å². The molecule has 27 heavy (non-hydrogen) atoms. The van der Waals surface area contributed by atoms with Crippen LogP contribution in [0.5, 0.6) is 0 Å². The van der Waals surface area contributed by atoms with Gasteiger partial charge < -0.3 is 24.0 Å². The van der Waals surface area contributed by atoms with E-state index in [0.29, 0.717) is 19.8 Å². The van der Waals surface area contributed by atoms with Gasteiger partial charge in [-0.25, -0.2) is 4.79 Å². The van der Waals surface area contributed by atoms with Gasteiger partial charge in [0.1, 0.15) is 6.04 Å². The summed E-state index contributed by atoms with van der Waals surface area (Å²) in [4.78, 5) is 40.8. The zero-order valence-electron chi connectivity index (χ0n) is 14.9. The van der Waals surface area contributed by atoms with E-state index >= 15 is 0 Å². The predicted molar refractivity (Wildman–Crippen MR) is 96.5 cm³/mol. The molecule has 9 heteroatoms. The predicted octanol–water partition coefficient (Wildman–Crippen LogP) is 0.427. The van der Waals surface area contributed by atoms with E-state index in [1.165, 1.54) is 12.0 Å². The van der Waals surface area contributed by atoms with Crippen molar-refractivity contribution in [3.63, 3.8) is 0 Å². The third kappa shape index (κ3) is 3.32. The quantitative estimate of drug-likeness (QED) is 0.591. The Hall–Kier alpha value is -1.71. The van der Waals surface area contributed by atoms with Crippen molar-refractivity contribution in [1.29, 1.82) is 0 Å². The average Bonchev–Trinajstić information content (AvgIpc) is 3.34. The lowest BCUT2D eigenvalue weighted by molar-refractivity contribution is -0.153. The van der Waals surface area contributed by atoms with Crippen molar-refractivity contribution in [3.8, 4) is 0 Å². The number of rotatable bonds is 3. The number of nitrogens with zero attached hydrogens (tertiary/aromatic N) is 2. The Bertz CT molecular complexity index is 729. The van der Waals surface area contributed by atoms with Gasteiger partial charge in [-0.2, -0.15) is 0 Å². The number of allylic oxidation sites excluding steroid dienone is 2. The molecule has 3 aliphatic heterocycles. The summed E-state index contributed by atoms with van der Waals surface area (Å²) >= 11 is 3.43. The second-order valence-corrected chi connectivity index (χ2v) is 8.11. The maximum Gasteiger partial charge on any atom is 0.328 e. The molecule has 4 aliphatic rings. The van der Waals surface area contributed by atoms with Crippen LogP contribution in [0.25, 0.3) is 0 Å². The smallest absolute Gasteiger partial charge is 0.328 e. The van der Waals surface area contributed by atoms with Gasteiger partial charge in [0.2, 0.25) is 11.8 Å². The molecule has 0 radical (unpaired) electrons. The normalized spacial score (nSPS) is 31.4. The van der Waals surface area contributed by atoms with E-state index < -0.39 is 17.8 Å². The number of esters is 1. The lowest BCUT2D eigenvalue weighted by Gasteiger charge is -2.26. The van der Waals surface area contributed by atoms with Crippen molar-refractivity contribution in [3.05, 3.63) is 22.7 Å². The lowest BCUT2D eigenvalue weighted by Crippen LogP contribution is -2.47. The Kier molecular flexibility index (Phi) is 4.85. The Morgan fingerprint density at radius 1 is 1.37 bits per heavy atom. The average molecular weight is 441 g/mol. The fourth-order valence-electron chi connectivity index (χ4n) is 4.24. The molecule has 3 unspecified atom stereocenters. The first-order valence-electron chi connectivity index (χ1n) is 8.92. The minimum Gasteiger partial charge on any atom is -0.467 e. The van der Waals surface area contributed by atoms with E-state index in [9.17, 15) is 14.4 Å². The minimum absolute atomic E-state index is 0.0486. The van der Waals surface area contributed by atoms with Crippen LogP contribution in [0.4, 0.5) is 0 Å². The summed E-state index contributed by atoms with van der Waals surface area (Å²) in [6.45, 7) is 1.42. The molecule has 0 saturated carbocycles. The van der Waals surface area contributed by atoms with Crippen LogP contribution in [0, 0.1) is 11.8 Å². The molecule has 0 bridgehead atoms. The summed E-state index contributed by atoms with van der Waals surface area (Å²) in [5.74, 6) is -2.02. The fraction of sp³-hybridized carbons (Fsp3) is 0.611. The molecule has 0 aromatic heterocycles. The van der Waals surface area contributed by atoms with E-state index in [0.717, 1.165) is 4.48 Å². The number of fused-ring (bicyclic) bond motifs is 1. The SMILES string of the molecule is COC(=O)C1CC2(CN1C(=O)CN1CC3C=C(Br)C=CC3C1=O)OCCO2. The first-order valence-corrected chi connectivity index (χ1v) is 9.71. The molecule has 0 N–H and O–H groups in total. The van der Waals surface area contributed by atoms with Gasteiger partial charge in [-0.3, -0.25) is 9.59 Å². The molecule has 3 fully saturated rings. The summed E-state index contributed by atoms with van der Waals surface area (Å²) in [6, 6.07) is -0.769. The molecule has 1 spiro atoms. The maximum atomic E-state index is 13.0. The van der Waals surface area contributed by atoms with Gasteiger partial charge in [0, 0.05) is 23.4 Å². The van der Waals surface area contributed by atoms with Crippen molar-refractivity contribution in [1.82, 2.24) is 9.80 Å². The molecule has 3 saturated heterocycles. The second-order valence-electron chi connectivity index (χ2n) is 7.19. The topological polar surface area (TPSA) is 85.4 Å². The molecule has 0 aromatic rings. The van der Waals surface area contributed by atoms with Crippen molar-refractivity contribution < 1.29 is 28.6 Å². The van der Waals surface area contributed by atoms with Crippen molar-refractivity contribution in [2.75, 3.05) is 40.0 Å². The van der Waals surface area contributed by atoms with Gasteiger partial charge in [0.15, 0.2) is 5.79 Å². The lowest BCUT2D eigenvalue weighted by atomic mass is 9.92. The van der Waals surface area contributed by atoms with Crippen molar-refractivity contribution in [2.45, 2.75) is 18.2 Å². The first kappa shape index (κ1) is 18.6. The van der Waals surface area contributed by atoms with Crippen LogP contribution in [0.1, 0.15) is 6.42 Å². The molecular formula is C18H21BrN2O6. The van der Waals surface area contributed by atoms with Crippen LogP contribution in [0.3, 0.4) is 0 Å². The summed E-state index contributed by atoms with van der Waals surface area (Å²) < 4.78 is 17.1. The number of hydrogen-bond acceptors (Lipinski definition) is 6. The van der Waals surface area contributed by atoms with E-state index in [1.54, 1.807) is 4.90 Å². The molecule has 8 nitrogen and oxygen atoms in total. The molecule has 1 aliphatic carbocycles. The number of methoxy groups -OCH3 is 1. The number of amides is 2. The molecule has 2 amide bonds. The zero-order valence-corrected chi connectivity index (χ0v) is 16.5. The number of hydrogen-bond donors (Lipinski definition) is 0. The van der Waals surface area contributed by atoms with E-state index in [2.05, 4.69) is 15.9 Å². The Morgan fingerprint density at radius 2 is 2.11 bits per heavy atom. The van der Waals surface area contributed by atoms with Crippen LogP contribution in [0.15, 0.2) is 22.7 Å². The number of ether oxygens (including phenoxy) is 3. The summed E-state index contributed by atoms with van der Waals surface area (Å²) in [6.07, 6.45) is 5.96. The largest absolute Gasteiger partial charge is 0.467 e. The highest BCUT2D eigenvalue weighted by atomic mass is 79.9. The zero-order chi connectivity index (χ0) is 19.2. The van der Waals surface area contributed by atoms with E-state index in [4.69, 9.17) is 14.2 Å². The molecule has 3 heterocycles. The standard InChI is InChI=1S/C18H21BrN2O6/c1-25-17(24)14-7-18(26-4-5-27-18)10-21(14)15(22)9-20-8-11-6-12(19)2-3-13(11)16(20)23/h2-3,6,11,13-14H,4-5,7-10H2,1H3.